The van der Waals surface area contributed by atoms with Crippen LogP contribution in [0.2, 0.25) is 0 Å². The highest BCUT2D eigenvalue weighted by molar-refractivity contribution is 6.14. The fraction of sp³-hybridized carbons (Fsp3) is 0.462. The number of urea groups is 1. The van der Waals surface area contributed by atoms with E-state index >= 15 is 0 Å². The maximum absolute atomic E-state index is 13.2. The van der Waals surface area contributed by atoms with Crippen molar-refractivity contribution in [2.75, 3.05) is 25.0 Å². The van der Waals surface area contributed by atoms with Gasteiger partial charge in [-0.2, -0.15) is 0 Å². The summed E-state index contributed by atoms with van der Waals surface area (Å²) >= 11 is 0. The first kappa shape index (κ1) is 31.0. The standard InChI is InChI=1S/C26H36N6O7/c1-4-39-15-17-7-9-18(10-8-17)29-24(36)19(6-5-13-28-26(27)38)30-25(37)23(16(2)3)31-20(33)14-32-21(34)11-12-22(32)35/h7-12,16,19,23H,4-6,13-15H2,1-3H3,(H,29,36)(H,30,37)(H,31,33)(H3,27,28,38)/t19-,23-/m0/s1. The smallest absolute Gasteiger partial charge is 0.312 e. The summed E-state index contributed by atoms with van der Waals surface area (Å²) in [6, 6.07) is 4.30. The molecule has 1 heterocycles. The van der Waals surface area contributed by atoms with Gasteiger partial charge in [-0.15, -0.1) is 0 Å². The summed E-state index contributed by atoms with van der Waals surface area (Å²) in [4.78, 5) is 74.1. The molecular weight excluding hydrogens is 508 g/mol. The van der Waals surface area contributed by atoms with E-state index in [1.54, 1.807) is 26.0 Å². The molecule has 2 atom stereocenters. The van der Waals surface area contributed by atoms with Crippen molar-refractivity contribution in [3.63, 3.8) is 0 Å². The highest BCUT2D eigenvalue weighted by Crippen LogP contribution is 2.13. The van der Waals surface area contributed by atoms with Gasteiger partial charge in [-0.25, -0.2) is 4.79 Å². The van der Waals surface area contributed by atoms with Crippen LogP contribution in [0.15, 0.2) is 36.4 Å². The molecule has 212 valence electrons. The van der Waals surface area contributed by atoms with Crippen molar-refractivity contribution in [1.29, 1.82) is 0 Å². The molecule has 7 amide bonds. The third-order valence-electron chi connectivity index (χ3n) is 5.76. The zero-order valence-electron chi connectivity index (χ0n) is 22.3. The zero-order chi connectivity index (χ0) is 28.9. The average molecular weight is 545 g/mol. The second-order valence-corrected chi connectivity index (χ2v) is 9.20. The van der Waals surface area contributed by atoms with E-state index in [1.165, 1.54) is 0 Å². The van der Waals surface area contributed by atoms with Gasteiger partial charge < -0.3 is 31.7 Å². The molecule has 0 saturated heterocycles. The van der Waals surface area contributed by atoms with Gasteiger partial charge in [0, 0.05) is 31.0 Å². The minimum Gasteiger partial charge on any atom is -0.377 e. The molecule has 13 nitrogen and oxygen atoms in total. The first-order valence-corrected chi connectivity index (χ1v) is 12.7. The molecule has 0 bridgehead atoms. The molecular formula is C26H36N6O7. The molecule has 13 heteroatoms. The van der Waals surface area contributed by atoms with Gasteiger partial charge in [0.15, 0.2) is 0 Å². The summed E-state index contributed by atoms with van der Waals surface area (Å²) < 4.78 is 5.37. The number of nitrogens with zero attached hydrogens (tertiary/aromatic N) is 1. The van der Waals surface area contributed by atoms with Gasteiger partial charge in [-0.05, 0) is 43.4 Å². The van der Waals surface area contributed by atoms with Crippen LogP contribution in [0.1, 0.15) is 39.2 Å². The van der Waals surface area contributed by atoms with Crippen LogP contribution in [0.3, 0.4) is 0 Å². The SMILES string of the molecule is CCOCc1ccc(NC(=O)[C@H](CCCNC(N)=O)NC(=O)[C@@H](NC(=O)CN2C(=O)C=CC2=O)C(C)C)cc1. The minimum atomic E-state index is -1.05. The number of anilines is 1. The van der Waals surface area contributed by atoms with Crippen LogP contribution in [0.4, 0.5) is 10.5 Å². The van der Waals surface area contributed by atoms with E-state index in [0.29, 0.717) is 25.3 Å². The Labute approximate surface area is 226 Å². The van der Waals surface area contributed by atoms with Crippen molar-refractivity contribution in [2.24, 2.45) is 11.7 Å². The van der Waals surface area contributed by atoms with Crippen LogP contribution in [-0.2, 0) is 35.3 Å². The quantitative estimate of drug-likeness (QED) is 0.153. The van der Waals surface area contributed by atoms with Gasteiger partial charge in [0.1, 0.15) is 18.6 Å². The Bertz CT molecular complexity index is 1070. The predicted molar refractivity (Wildman–Crippen MR) is 142 cm³/mol. The number of imide groups is 1. The fourth-order valence-corrected chi connectivity index (χ4v) is 3.67. The average Bonchev–Trinajstić information content (AvgIpc) is 3.20. The molecule has 1 aromatic rings. The van der Waals surface area contributed by atoms with Crippen LogP contribution in [-0.4, -0.2) is 72.2 Å². The van der Waals surface area contributed by atoms with Crippen LogP contribution < -0.4 is 27.0 Å². The topological polar surface area (TPSA) is 189 Å². The highest BCUT2D eigenvalue weighted by atomic mass is 16.5. The van der Waals surface area contributed by atoms with Gasteiger partial charge in [-0.3, -0.25) is 28.9 Å². The molecule has 0 aliphatic carbocycles. The second kappa shape index (κ2) is 15.2. The number of rotatable bonds is 15. The minimum absolute atomic E-state index is 0.168. The van der Waals surface area contributed by atoms with Crippen LogP contribution >= 0.6 is 0 Å². The number of carbonyl (C=O) groups excluding carboxylic acids is 6. The number of ether oxygens (including phenoxy) is 1. The summed E-state index contributed by atoms with van der Waals surface area (Å²) in [5.41, 5.74) is 6.53. The molecule has 0 radical (unpaired) electrons. The number of hydrogen-bond acceptors (Lipinski definition) is 7. The van der Waals surface area contributed by atoms with E-state index in [0.717, 1.165) is 22.6 Å². The maximum atomic E-state index is 13.2. The molecule has 0 unspecified atom stereocenters. The first-order valence-electron chi connectivity index (χ1n) is 12.7. The lowest BCUT2D eigenvalue weighted by Gasteiger charge is -2.26. The molecule has 1 aliphatic heterocycles. The zero-order valence-corrected chi connectivity index (χ0v) is 22.3. The summed E-state index contributed by atoms with van der Waals surface area (Å²) in [5.74, 6) is -3.43. The van der Waals surface area contributed by atoms with E-state index in [2.05, 4.69) is 21.3 Å². The van der Waals surface area contributed by atoms with Gasteiger partial charge in [-0.1, -0.05) is 26.0 Å². The van der Waals surface area contributed by atoms with Gasteiger partial charge in [0.25, 0.3) is 11.8 Å². The molecule has 0 aromatic heterocycles. The number of primary amides is 1. The third-order valence-corrected chi connectivity index (χ3v) is 5.76. The monoisotopic (exact) mass is 544 g/mol. The number of carbonyl (C=O) groups is 6. The Morgan fingerprint density at radius 3 is 2.18 bits per heavy atom. The van der Waals surface area contributed by atoms with E-state index in [4.69, 9.17) is 10.5 Å². The number of amides is 7. The first-order chi connectivity index (χ1) is 18.5. The molecule has 39 heavy (non-hydrogen) atoms. The summed E-state index contributed by atoms with van der Waals surface area (Å²) in [5, 5.41) is 10.4. The second-order valence-electron chi connectivity index (χ2n) is 9.20. The maximum Gasteiger partial charge on any atom is 0.312 e. The Hall–Kier alpha value is -4.26. The highest BCUT2D eigenvalue weighted by Gasteiger charge is 2.31. The fourth-order valence-electron chi connectivity index (χ4n) is 3.67. The number of nitrogens with one attached hydrogen (secondary N) is 4. The molecule has 2 rings (SSSR count). The molecule has 1 aromatic carbocycles. The van der Waals surface area contributed by atoms with E-state index < -0.39 is 54.2 Å². The summed E-state index contributed by atoms with van der Waals surface area (Å²) in [6.45, 7) is 5.97. The van der Waals surface area contributed by atoms with E-state index in [1.807, 2.05) is 19.1 Å². The normalized spacial score (nSPS) is 14.2. The Morgan fingerprint density at radius 1 is 0.974 bits per heavy atom. The van der Waals surface area contributed by atoms with Crippen molar-refractivity contribution in [2.45, 2.75) is 52.3 Å². The lowest BCUT2D eigenvalue weighted by Crippen LogP contribution is -2.56. The molecule has 0 fully saturated rings. The van der Waals surface area contributed by atoms with Crippen molar-refractivity contribution >= 4 is 41.3 Å². The molecule has 6 N–H and O–H groups in total. The lowest BCUT2D eigenvalue weighted by molar-refractivity contribution is -0.141. The van der Waals surface area contributed by atoms with E-state index in [-0.39, 0.29) is 18.9 Å². The van der Waals surface area contributed by atoms with Crippen LogP contribution in [0.5, 0.6) is 0 Å². The van der Waals surface area contributed by atoms with Crippen LogP contribution in [0, 0.1) is 5.92 Å². The molecule has 0 spiro atoms. The largest absolute Gasteiger partial charge is 0.377 e. The summed E-state index contributed by atoms with van der Waals surface area (Å²) in [7, 11) is 0. The Morgan fingerprint density at radius 2 is 1.62 bits per heavy atom. The van der Waals surface area contributed by atoms with Crippen LogP contribution in [0.25, 0.3) is 0 Å². The molecule has 1 aliphatic rings. The third kappa shape index (κ3) is 10.2. The predicted octanol–water partition coefficient (Wildman–Crippen LogP) is 0.161. The number of hydrogen-bond donors (Lipinski definition) is 5. The van der Waals surface area contributed by atoms with Crippen molar-refractivity contribution in [3.05, 3.63) is 42.0 Å². The lowest BCUT2D eigenvalue weighted by atomic mass is 10.0. The van der Waals surface area contributed by atoms with Crippen molar-refractivity contribution in [3.8, 4) is 0 Å². The van der Waals surface area contributed by atoms with Crippen molar-refractivity contribution in [1.82, 2.24) is 20.9 Å². The van der Waals surface area contributed by atoms with Crippen molar-refractivity contribution < 1.29 is 33.5 Å². The Balaban J connectivity index is 2.07. The van der Waals surface area contributed by atoms with E-state index in [9.17, 15) is 28.8 Å². The molecule has 0 saturated carbocycles. The van der Waals surface area contributed by atoms with Gasteiger partial charge >= 0.3 is 6.03 Å². The summed E-state index contributed by atoms with van der Waals surface area (Å²) in [6.07, 6.45) is 2.62. The Kier molecular flexibility index (Phi) is 12.1. The number of nitrogens with two attached hydrogens (primary N) is 1. The van der Waals surface area contributed by atoms with Gasteiger partial charge in [0.2, 0.25) is 17.7 Å². The number of benzene rings is 1. The van der Waals surface area contributed by atoms with Gasteiger partial charge in [0.05, 0.1) is 6.61 Å².